The van der Waals surface area contributed by atoms with Crippen molar-refractivity contribution in [2.45, 2.75) is 43.4 Å². The molecule has 0 amide bonds. The topological polar surface area (TPSA) is 85.6 Å². The Morgan fingerprint density at radius 2 is 1.74 bits per heavy atom. The number of benzene rings is 3. The van der Waals surface area contributed by atoms with Crippen molar-refractivity contribution < 1.29 is 9.50 Å². The predicted molar refractivity (Wildman–Crippen MR) is 130 cm³/mol. The molecule has 0 spiro atoms. The number of guanidine groups is 1. The summed E-state index contributed by atoms with van der Waals surface area (Å²) >= 11 is 0. The first-order valence-electron chi connectivity index (χ1n) is 11.5. The molecule has 5 rings (SSSR count). The Morgan fingerprint density at radius 1 is 1.06 bits per heavy atom. The van der Waals surface area contributed by atoms with Gasteiger partial charge in [-0.3, -0.25) is 0 Å². The largest absolute Gasteiger partial charge is 0.373 e. The standard InChI is InChI=1S/C28H27FN4O/c1-28(23-5-3-4-20(15-23)21-12-13-24(29)22(14-21)16-30)25(26(34)33(2)27(31)32-28)19-10-8-18(9-11-19)17-6-7-17/h3-5,8-15,17,25-26,34H,6-7H2,1-2H3,(H2,31,32)/t25?,26?,28-/m1/s1. The average Bonchev–Trinajstić information content (AvgIpc) is 3.69. The van der Waals surface area contributed by atoms with Gasteiger partial charge in [0.15, 0.2) is 5.96 Å². The first kappa shape index (κ1) is 22.1. The Balaban J connectivity index is 1.61. The minimum absolute atomic E-state index is 0.000257. The zero-order chi connectivity index (χ0) is 24.0. The van der Waals surface area contributed by atoms with E-state index < -0.39 is 17.6 Å². The summed E-state index contributed by atoms with van der Waals surface area (Å²) in [5.41, 5.74) is 10.2. The van der Waals surface area contributed by atoms with E-state index in [0.717, 1.165) is 22.3 Å². The summed E-state index contributed by atoms with van der Waals surface area (Å²) in [6, 6.07) is 22.7. The molecule has 0 saturated heterocycles. The summed E-state index contributed by atoms with van der Waals surface area (Å²) in [5.74, 6) is 0.00891. The van der Waals surface area contributed by atoms with E-state index in [1.54, 1.807) is 24.1 Å². The van der Waals surface area contributed by atoms with Gasteiger partial charge in [-0.2, -0.15) is 5.26 Å². The minimum atomic E-state index is -0.867. The van der Waals surface area contributed by atoms with Gasteiger partial charge in [0.25, 0.3) is 0 Å². The first-order valence-corrected chi connectivity index (χ1v) is 11.5. The van der Waals surface area contributed by atoms with Gasteiger partial charge in [-0.05, 0) is 71.7 Å². The highest BCUT2D eigenvalue weighted by Gasteiger charge is 2.47. The fourth-order valence-corrected chi connectivity index (χ4v) is 4.97. The number of nitriles is 1. The van der Waals surface area contributed by atoms with Crippen LogP contribution in [0, 0.1) is 17.1 Å². The Morgan fingerprint density at radius 3 is 2.41 bits per heavy atom. The van der Waals surface area contributed by atoms with E-state index in [4.69, 9.17) is 10.7 Å². The molecule has 1 aliphatic carbocycles. The van der Waals surface area contributed by atoms with Crippen LogP contribution in [0.1, 0.15) is 53.9 Å². The molecule has 0 bridgehead atoms. The van der Waals surface area contributed by atoms with Gasteiger partial charge in [-0.25, -0.2) is 9.38 Å². The Bertz CT molecular complexity index is 1310. The van der Waals surface area contributed by atoms with Crippen LogP contribution in [0.5, 0.6) is 0 Å². The molecular weight excluding hydrogens is 427 g/mol. The maximum absolute atomic E-state index is 13.9. The van der Waals surface area contributed by atoms with Crippen molar-refractivity contribution >= 4 is 5.96 Å². The molecule has 1 heterocycles. The summed E-state index contributed by atoms with van der Waals surface area (Å²) in [7, 11) is 1.74. The second-order valence-electron chi connectivity index (χ2n) is 9.45. The number of likely N-dealkylation sites (N-methyl/N-ethyl adjacent to an activating group) is 1. The minimum Gasteiger partial charge on any atom is -0.373 e. The molecule has 0 aromatic heterocycles. The maximum atomic E-state index is 13.9. The second kappa shape index (κ2) is 8.27. The normalized spacial score (nSPS) is 24.4. The van der Waals surface area contributed by atoms with E-state index >= 15 is 0 Å². The number of nitrogens with zero attached hydrogens (tertiary/aromatic N) is 3. The van der Waals surface area contributed by atoms with E-state index in [2.05, 4.69) is 24.3 Å². The van der Waals surface area contributed by atoms with Gasteiger partial charge in [0.05, 0.1) is 17.0 Å². The number of halogens is 1. The predicted octanol–water partition coefficient (Wildman–Crippen LogP) is 4.82. The van der Waals surface area contributed by atoms with Crippen molar-refractivity contribution in [2.75, 3.05) is 7.05 Å². The number of nitrogens with two attached hydrogens (primary N) is 1. The highest BCUT2D eigenvalue weighted by molar-refractivity contribution is 5.80. The molecule has 172 valence electrons. The van der Waals surface area contributed by atoms with Crippen molar-refractivity contribution in [3.8, 4) is 17.2 Å². The van der Waals surface area contributed by atoms with Crippen molar-refractivity contribution in [1.82, 2.24) is 4.90 Å². The Labute approximate surface area is 199 Å². The van der Waals surface area contributed by atoms with E-state index in [1.165, 1.54) is 24.5 Å². The molecule has 6 heteroatoms. The third-order valence-corrected chi connectivity index (χ3v) is 7.22. The number of aliphatic hydroxyl groups is 1. The Kier molecular flexibility index (Phi) is 5.38. The van der Waals surface area contributed by atoms with Crippen molar-refractivity contribution in [2.24, 2.45) is 10.7 Å². The van der Waals surface area contributed by atoms with Gasteiger partial charge in [-0.15, -0.1) is 0 Å². The van der Waals surface area contributed by atoms with Gasteiger partial charge < -0.3 is 15.7 Å². The molecule has 1 saturated carbocycles. The number of hydrogen-bond donors (Lipinski definition) is 2. The lowest BCUT2D eigenvalue weighted by atomic mass is 9.73. The third kappa shape index (κ3) is 3.72. The summed E-state index contributed by atoms with van der Waals surface area (Å²) in [6.07, 6.45) is 1.60. The summed E-state index contributed by atoms with van der Waals surface area (Å²) in [4.78, 5) is 6.48. The van der Waals surface area contributed by atoms with E-state index in [9.17, 15) is 14.8 Å². The first-order chi connectivity index (χ1) is 16.3. The van der Waals surface area contributed by atoms with E-state index in [1.807, 2.05) is 37.3 Å². The van der Waals surface area contributed by atoms with Crippen LogP contribution in [0.15, 0.2) is 71.7 Å². The third-order valence-electron chi connectivity index (χ3n) is 7.22. The SMILES string of the molecule is CN1C(N)=N[C@](C)(c2cccc(-c3ccc(F)c(C#N)c3)c2)C(c2ccc(C3CC3)cc2)C1O. The van der Waals surface area contributed by atoms with Crippen LogP contribution in [0.4, 0.5) is 4.39 Å². The smallest absolute Gasteiger partial charge is 0.193 e. The summed E-state index contributed by atoms with van der Waals surface area (Å²) < 4.78 is 13.9. The molecule has 0 radical (unpaired) electrons. The average molecular weight is 455 g/mol. The molecule has 3 aromatic rings. The quantitative estimate of drug-likeness (QED) is 0.592. The number of rotatable bonds is 4. The fourth-order valence-electron chi connectivity index (χ4n) is 4.97. The van der Waals surface area contributed by atoms with Crippen molar-refractivity contribution in [1.29, 1.82) is 5.26 Å². The van der Waals surface area contributed by atoms with Gasteiger partial charge >= 0.3 is 0 Å². The van der Waals surface area contributed by atoms with Gasteiger partial charge in [-0.1, -0.05) is 48.5 Å². The van der Waals surface area contributed by atoms with Crippen LogP contribution >= 0.6 is 0 Å². The molecule has 2 unspecified atom stereocenters. The van der Waals surface area contributed by atoms with Crippen molar-refractivity contribution in [3.63, 3.8) is 0 Å². The molecule has 1 aliphatic heterocycles. The van der Waals surface area contributed by atoms with Gasteiger partial charge in [0.1, 0.15) is 18.1 Å². The monoisotopic (exact) mass is 454 g/mol. The van der Waals surface area contributed by atoms with Crippen LogP contribution in [-0.4, -0.2) is 29.2 Å². The highest BCUT2D eigenvalue weighted by Crippen LogP contribution is 2.47. The maximum Gasteiger partial charge on any atom is 0.193 e. The molecule has 34 heavy (non-hydrogen) atoms. The van der Waals surface area contributed by atoms with E-state index in [-0.39, 0.29) is 17.4 Å². The fraction of sp³-hybridized carbons (Fsp3) is 0.286. The molecular formula is C28H27FN4O. The summed E-state index contributed by atoms with van der Waals surface area (Å²) in [6.45, 7) is 1.99. The molecule has 1 fully saturated rings. The Hall–Kier alpha value is -3.69. The lowest BCUT2D eigenvalue weighted by Crippen LogP contribution is -2.55. The van der Waals surface area contributed by atoms with E-state index in [0.29, 0.717) is 5.92 Å². The number of aliphatic hydroxyl groups excluding tert-OH is 1. The number of hydrogen-bond acceptors (Lipinski definition) is 5. The highest BCUT2D eigenvalue weighted by atomic mass is 19.1. The zero-order valence-electron chi connectivity index (χ0n) is 19.2. The van der Waals surface area contributed by atoms with Crippen molar-refractivity contribution in [3.05, 3.63) is 94.8 Å². The molecule has 3 N–H and O–H groups in total. The second-order valence-corrected chi connectivity index (χ2v) is 9.45. The van der Waals surface area contributed by atoms with Crippen LogP contribution in [0.25, 0.3) is 11.1 Å². The number of aliphatic imine (C=N–C) groups is 1. The summed E-state index contributed by atoms with van der Waals surface area (Å²) in [5, 5.41) is 20.6. The molecule has 2 aliphatic rings. The van der Waals surface area contributed by atoms with Gasteiger partial charge in [0, 0.05) is 7.05 Å². The lowest BCUT2D eigenvalue weighted by molar-refractivity contribution is 0.00570. The molecule has 5 nitrogen and oxygen atoms in total. The van der Waals surface area contributed by atoms with Crippen LogP contribution in [0.2, 0.25) is 0 Å². The van der Waals surface area contributed by atoms with Crippen LogP contribution in [0.3, 0.4) is 0 Å². The van der Waals surface area contributed by atoms with Gasteiger partial charge in [0.2, 0.25) is 0 Å². The molecule has 3 aromatic carbocycles. The zero-order valence-corrected chi connectivity index (χ0v) is 19.2. The lowest BCUT2D eigenvalue weighted by Gasteiger charge is -2.46. The molecule has 3 atom stereocenters. The van der Waals surface area contributed by atoms with Crippen LogP contribution in [-0.2, 0) is 5.54 Å². The van der Waals surface area contributed by atoms with Crippen LogP contribution < -0.4 is 5.73 Å².